The van der Waals surface area contributed by atoms with Gasteiger partial charge in [-0.15, -0.1) is 0 Å². The molecule has 0 spiro atoms. The van der Waals surface area contributed by atoms with Gasteiger partial charge >= 0.3 is 0 Å². The predicted molar refractivity (Wildman–Crippen MR) is 74.4 cm³/mol. The predicted octanol–water partition coefficient (Wildman–Crippen LogP) is 3.44. The lowest BCUT2D eigenvalue weighted by atomic mass is 10.2. The van der Waals surface area contributed by atoms with Crippen LogP contribution in [-0.4, -0.2) is 31.1 Å². The van der Waals surface area contributed by atoms with Crippen molar-refractivity contribution in [3.8, 4) is 5.75 Å². The average Bonchev–Trinajstić information content (AvgIpc) is 2.40. The summed E-state index contributed by atoms with van der Waals surface area (Å²) in [5, 5.41) is 0. The first-order valence-electron chi connectivity index (χ1n) is 6.37. The van der Waals surface area contributed by atoms with Crippen molar-refractivity contribution in [1.82, 2.24) is 4.90 Å². The van der Waals surface area contributed by atoms with Crippen LogP contribution in [0.5, 0.6) is 5.75 Å². The Balaban J connectivity index is 2.23. The Morgan fingerprint density at radius 3 is 2.35 bits per heavy atom. The molecule has 0 amide bonds. The molecule has 0 bridgehead atoms. The maximum Gasteiger partial charge on any atom is 0.119 e. The van der Waals surface area contributed by atoms with Gasteiger partial charge in [0.2, 0.25) is 0 Å². The van der Waals surface area contributed by atoms with Gasteiger partial charge in [0.25, 0.3) is 0 Å². The van der Waals surface area contributed by atoms with Crippen LogP contribution in [0.15, 0.2) is 30.8 Å². The first kappa shape index (κ1) is 13.8. The minimum atomic E-state index is 0.782. The van der Waals surface area contributed by atoms with Crippen molar-refractivity contribution in [2.75, 3.05) is 26.2 Å². The van der Waals surface area contributed by atoms with E-state index in [9.17, 15) is 0 Å². The molecule has 0 unspecified atom stereocenters. The molecule has 2 heteroatoms. The van der Waals surface area contributed by atoms with E-state index in [1.54, 1.807) is 0 Å². The molecule has 0 aromatic heterocycles. The lowest BCUT2D eigenvalue weighted by molar-refractivity contribution is 0.249. The maximum atomic E-state index is 5.68. The quantitative estimate of drug-likeness (QED) is 0.638. The smallest absolute Gasteiger partial charge is 0.119 e. The fraction of sp³-hybridized carbons (Fsp3) is 0.467. The Morgan fingerprint density at radius 2 is 1.82 bits per heavy atom. The SMILES string of the molecule is C=Cc1ccc(OCCCN(CC)CC)cc1. The summed E-state index contributed by atoms with van der Waals surface area (Å²) < 4.78 is 5.68. The summed E-state index contributed by atoms with van der Waals surface area (Å²) in [5.41, 5.74) is 1.13. The Hall–Kier alpha value is -1.28. The molecule has 0 saturated heterocycles. The number of hydrogen-bond donors (Lipinski definition) is 0. The Bertz CT molecular complexity index is 314. The zero-order valence-electron chi connectivity index (χ0n) is 11.0. The highest BCUT2D eigenvalue weighted by molar-refractivity contribution is 5.48. The van der Waals surface area contributed by atoms with Crippen molar-refractivity contribution in [2.24, 2.45) is 0 Å². The van der Waals surface area contributed by atoms with Crippen molar-refractivity contribution >= 4 is 6.08 Å². The van der Waals surface area contributed by atoms with Crippen LogP contribution in [0, 0.1) is 0 Å². The van der Waals surface area contributed by atoms with E-state index in [2.05, 4.69) is 25.3 Å². The highest BCUT2D eigenvalue weighted by Gasteiger charge is 1.99. The molecule has 0 heterocycles. The summed E-state index contributed by atoms with van der Waals surface area (Å²) in [7, 11) is 0. The van der Waals surface area contributed by atoms with Gasteiger partial charge in [0.15, 0.2) is 0 Å². The molecule has 1 rings (SSSR count). The molecule has 1 aromatic carbocycles. The lowest BCUT2D eigenvalue weighted by Gasteiger charge is -2.17. The average molecular weight is 233 g/mol. The zero-order chi connectivity index (χ0) is 12.5. The Labute approximate surface area is 105 Å². The van der Waals surface area contributed by atoms with Crippen molar-refractivity contribution < 1.29 is 4.74 Å². The van der Waals surface area contributed by atoms with Gasteiger partial charge in [-0.1, -0.05) is 38.6 Å². The monoisotopic (exact) mass is 233 g/mol. The van der Waals surface area contributed by atoms with Gasteiger partial charge < -0.3 is 9.64 Å². The van der Waals surface area contributed by atoms with Gasteiger partial charge in [-0.05, 0) is 37.2 Å². The zero-order valence-corrected chi connectivity index (χ0v) is 11.0. The number of nitrogens with zero attached hydrogens (tertiary/aromatic N) is 1. The van der Waals surface area contributed by atoms with Crippen molar-refractivity contribution in [3.63, 3.8) is 0 Å². The number of ether oxygens (including phenoxy) is 1. The van der Waals surface area contributed by atoms with E-state index >= 15 is 0 Å². The molecular weight excluding hydrogens is 210 g/mol. The molecule has 0 saturated carbocycles. The summed E-state index contributed by atoms with van der Waals surface area (Å²) in [6.45, 7) is 12.2. The fourth-order valence-corrected chi connectivity index (χ4v) is 1.72. The normalized spacial score (nSPS) is 10.5. The highest BCUT2D eigenvalue weighted by atomic mass is 16.5. The van der Waals surface area contributed by atoms with E-state index in [1.807, 2.05) is 30.3 Å². The Kier molecular flexibility index (Phi) is 6.41. The molecule has 17 heavy (non-hydrogen) atoms. The van der Waals surface area contributed by atoms with E-state index in [0.29, 0.717) is 0 Å². The van der Waals surface area contributed by atoms with Gasteiger partial charge in [0.05, 0.1) is 6.61 Å². The summed E-state index contributed by atoms with van der Waals surface area (Å²) in [6, 6.07) is 8.03. The van der Waals surface area contributed by atoms with Gasteiger partial charge in [-0.2, -0.15) is 0 Å². The first-order chi connectivity index (χ1) is 8.30. The van der Waals surface area contributed by atoms with Gasteiger partial charge in [0.1, 0.15) is 5.75 Å². The van der Waals surface area contributed by atoms with Crippen LogP contribution in [0.25, 0.3) is 6.08 Å². The molecule has 0 fully saturated rings. The van der Waals surface area contributed by atoms with Gasteiger partial charge in [-0.25, -0.2) is 0 Å². The van der Waals surface area contributed by atoms with Crippen LogP contribution < -0.4 is 4.74 Å². The molecule has 0 aliphatic rings. The number of rotatable bonds is 8. The number of benzene rings is 1. The second-order valence-electron chi connectivity index (χ2n) is 4.00. The number of hydrogen-bond acceptors (Lipinski definition) is 2. The third-order valence-corrected chi connectivity index (χ3v) is 2.90. The van der Waals surface area contributed by atoms with Crippen LogP contribution in [-0.2, 0) is 0 Å². The molecule has 0 aliphatic heterocycles. The first-order valence-corrected chi connectivity index (χ1v) is 6.37. The summed E-state index contributed by atoms with van der Waals surface area (Å²) >= 11 is 0. The van der Waals surface area contributed by atoms with Crippen molar-refractivity contribution in [1.29, 1.82) is 0 Å². The van der Waals surface area contributed by atoms with E-state index in [0.717, 1.165) is 44.0 Å². The molecule has 0 aliphatic carbocycles. The third-order valence-electron chi connectivity index (χ3n) is 2.90. The largest absolute Gasteiger partial charge is 0.494 e. The summed E-state index contributed by atoms with van der Waals surface area (Å²) in [6.07, 6.45) is 2.91. The molecule has 1 aromatic rings. The highest BCUT2D eigenvalue weighted by Crippen LogP contribution is 2.12. The molecule has 2 nitrogen and oxygen atoms in total. The third kappa shape index (κ3) is 5.05. The lowest BCUT2D eigenvalue weighted by Crippen LogP contribution is -2.25. The maximum absolute atomic E-state index is 5.68. The van der Waals surface area contributed by atoms with E-state index in [4.69, 9.17) is 4.74 Å². The van der Waals surface area contributed by atoms with E-state index in [1.165, 1.54) is 0 Å². The molecule has 0 radical (unpaired) electrons. The Morgan fingerprint density at radius 1 is 1.18 bits per heavy atom. The minimum Gasteiger partial charge on any atom is -0.494 e. The van der Waals surface area contributed by atoms with Gasteiger partial charge in [0, 0.05) is 6.54 Å². The summed E-state index contributed by atoms with van der Waals surface area (Å²) in [4.78, 5) is 2.41. The molecule has 94 valence electrons. The van der Waals surface area contributed by atoms with Crippen molar-refractivity contribution in [2.45, 2.75) is 20.3 Å². The second kappa shape index (κ2) is 7.91. The fourth-order valence-electron chi connectivity index (χ4n) is 1.72. The van der Waals surface area contributed by atoms with Crippen LogP contribution in [0.1, 0.15) is 25.8 Å². The van der Waals surface area contributed by atoms with Gasteiger partial charge in [-0.3, -0.25) is 0 Å². The topological polar surface area (TPSA) is 12.5 Å². The molecule has 0 N–H and O–H groups in total. The van der Waals surface area contributed by atoms with Crippen LogP contribution >= 0.6 is 0 Å². The second-order valence-corrected chi connectivity index (χ2v) is 4.00. The van der Waals surface area contributed by atoms with Crippen molar-refractivity contribution in [3.05, 3.63) is 36.4 Å². The van der Waals surface area contributed by atoms with Crippen LogP contribution in [0.2, 0.25) is 0 Å². The molecular formula is C15H23NO. The minimum absolute atomic E-state index is 0.782. The molecule has 0 atom stereocenters. The van der Waals surface area contributed by atoms with Crippen LogP contribution in [0.4, 0.5) is 0 Å². The summed E-state index contributed by atoms with van der Waals surface area (Å²) in [5.74, 6) is 0.940. The van der Waals surface area contributed by atoms with Crippen LogP contribution in [0.3, 0.4) is 0 Å². The van der Waals surface area contributed by atoms with E-state index in [-0.39, 0.29) is 0 Å². The standard InChI is InChI=1S/C15H23NO/c1-4-14-8-10-15(11-9-14)17-13-7-12-16(5-2)6-3/h4,8-11H,1,5-7,12-13H2,2-3H3. The van der Waals surface area contributed by atoms with E-state index < -0.39 is 0 Å².